The zero-order valence-electron chi connectivity index (χ0n) is 11.8. The molecule has 2 aromatic heterocycles. The number of nitrogens with one attached hydrogen (secondary N) is 1. The van der Waals surface area contributed by atoms with Crippen molar-refractivity contribution in [2.24, 2.45) is 0 Å². The molecule has 0 aliphatic carbocycles. The van der Waals surface area contributed by atoms with Crippen LogP contribution >= 0.6 is 0 Å². The molecule has 5 heteroatoms. The lowest BCUT2D eigenvalue weighted by molar-refractivity contribution is -0.116. The predicted molar refractivity (Wildman–Crippen MR) is 82.0 cm³/mol. The van der Waals surface area contributed by atoms with Gasteiger partial charge >= 0.3 is 0 Å². The first-order chi connectivity index (χ1) is 10.3. The van der Waals surface area contributed by atoms with E-state index in [9.17, 15) is 4.79 Å². The summed E-state index contributed by atoms with van der Waals surface area (Å²) in [5.41, 5.74) is 2.66. The van der Waals surface area contributed by atoms with Crippen LogP contribution in [-0.4, -0.2) is 20.3 Å². The van der Waals surface area contributed by atoms with E-state index in [2.05, 4.69) is 15.3 Å². The summed E-state index contributed by atoms with van der Waals surface area (Å²) in [5.74, 6) is 0.718. The topological polar surface area (TPSA) is 59.3 Å². The fourth-order valence-corrected chi connectivity index (χ4v) is 2.14. The molecule has 0 bridgehead atoms. The molecule has 3 rings (SSSR count). The number of hydrogen-bond donors (Lipinski definition) is 1. The van der Waals surface area contributed by atoms with Crippen molar-refractivity contribution in [3.8, 4) is 11.3 Å². The van der Waals surface area contributed by atoms with Crippen molar-refractivity contribution in [3.63, 3.8) is 0 Å². The number of amides is 1. The molecule has 0 saturated carbocycles. The number of hydrogen-bond acceptors (Lipinski definition) is 3. The third kappa shape index (κ3) is 2.91. The summed E-state index contributed by atoms with van der Waals surface area (Å²) >= 11 is 0. The van der Waals surface area contributed by atoms with Gasteiger partial charge in [0.25, 0.3) is 0 Å². The number of aromatic nitrogens is 3. The van der Waals surface area contributed by atoms with E-state index in [4.69, 9.17) is 0 Å². The highest BCUT2D eigenvalue weighted by molar-refractivity contribution is 5.90. The lowest BCUT2D eigenvalue weighted by atomic mass is 10.1. The standard InChI is InChI=1S/C16H16N4O/c1-2-4-15(21)18-13-7-5-12(6-8-13)14-11-20-10-3-9-17-16(20)19-14/h3,5-11H,2,4H2,1H3,(H,18,21). The van der Waals surface area contributed by atoms with E-state index >= 15 is 0 Å². The lowest BCUT2D eigenvalue weighted by Gasteiger charge is -2.04. The van der Waals surface area contributed by atoms with Crippen LogP contribution in [0.25, 0.3) is 17.0 Å². The van der Waals surface area contributed by atoms with Gasteiger partial charge in [0, 0.05) is 36.3 Å². The fraction of sp³-hybridized carbons (Fsp3) is 0.188. The number of imidazole rings is 1. The van der Waals surface area contributed by atoms with E-state index in [0.717, 1.165) is 23.4 Å². The van der Waals surface area contributed by atoms with Gasteiger partial charge in [0.05, 0.1) is 5.69 Å². The van der Waals surface area contributed by atoms with Gasteiger partial charge in [-0.3, -0.25) is 9.20 Å². The minimum atomic E-state index is 0.0437. The Kier molecular flexibility index (Phi) is 3.64. The monoisotopic (exact) mass is 280 g/mol. The van der Waals surface area contributed by atoms with Crippen LogP contribution in [0.2, 0.25) is 0 Å². The third-order valence-electron chi connectivity index (χ3n) is 3.18. The molecule has 1 N–H and O–H groups in total. The van der Waals surface area contributed by atoms with Gasteiger partial charge in [-0.2, -0.15) is 0 Å². The summed E-state index contributed by atoms with van der Waals surface area (Å²) in [4.78, 5) is 20.2. The summed E-state index contributed by atoms with van der Waals surface area (Å²) in [5, 5.41) is 2.87. The molecule has 0 radical (unpaired) electrons. The van der Waals surface area contributed by atoms with E-state index in [-0.39, 0.29) is 5.91 Å². The van der Waals surface area contributed by atoms with E-state index < -0.39 is 0 Å². The molecule has 0 unspecified atom stereocenters. The van der Waals surface area contributed by atoms with E-state index in [0.29, 0.717) is 12.2 Å². The van der Waals surface area contributed by atoms with E-state index in [1.165, 1.54) is 0 Å². The Balaban J connectivity index is 1.81. The molecule has 0 spiro atoms. The number of anilines is 1. The summed E-state index contributed by atoms with van der Waals surface area (Å²) in [6.07, 6.45) is 6.96. The summed E-state index contributed by atoms with van der Waals surface area (Å²) in [6, 6.07) is 9.54. The van der Waals surface area contributed by atoms with Crippen molar-refractivity contribution in [3.05, 3.63) is 48.9 Å². The number of carbonyl (C=O) groups is 1. The van der Waals surface area contributed by atoms with Crippen molar-refractivity contribution in [1.82, 2.24) is 14.4 Å². The van der Waals surface area contributed by atoms with Crippen LogP contribution in [0.15, 0.2) is 48.9 Å². The molecule has 1 aromatic carbocycles. The minimum Gasteiger partial charge on any atom is -0.326 e. The zero-order valence-corrected chi connectivity index (χ0v) is 11.8. The van der Waals surface area contributed by atoms with Gasteiger partial charge in [-0.05, 0) is 24.6 Å². The maximum absolute atomic E-state index is 11.5. The van der Waals surface area contributed by atoms with Crippen molar-refractivity contribution >= 4 is 17.4 Å². The van der Waals surface area contributed by atoms with Gasteiger partial charge in [0.2, 0.25) is 11.7 Å². The normalized spacial score (nSPS) is 10.7. The second kappa shape index (κ2) is 5.75. The van der Waals surface area contributed by atoms with E-state index in [1.54, 1.807) is 6.20 Å². The first kappa shape index (κ1) is 13.3. The van der Waals surface area contributed by atoms with Gasteiger partial charge in [-0.1, -0.05) is 19.1 Å². The molecule has 0 aliphatic rings. The Morgan fingerprint density at radius 2 is 2.10 bits per heavy atom. The second-order valence-corrected chi connectivity index (χ2v) is 4.83. The third-order valence-corrected chi connectivity index (χ3v) is 3.18. The number of nitrogens with zero attached hydrogens (tertiary/aromatic N) is 3. The van der Waals surface area contributed by atoms with Crippen LogP contribution in [0, 0.1) is 0 Å². The average molecular weight is 280 g/mol. The molecule has 5 nitrogen and oxygen atoms in total. The summed E-state index contributed by atoms with van der Waals surface area (Å²) < 4.78 is 1.88. The quantitative estimate of drug-likeness (QED) is 0.798. The van der Waals surface area contributed by atoms with Crippen molar-refractivity contribution in [2.75, 3.05) is 5.32 Å². The number of benzene rings is 1. The predicted octanol–water partition coefficient (Wildman–Crippen LogP) is 3.13. The Labute approximate surface area is 122 Å². The molecule has 1 amide bonds. The first-order valence-corrected chi connectivity index (χ1v) is 6.96. The van der Waals surface area contributed by atoms with Gasteiger partial charge < -0.3 is 5.32 Å². The van der Waals surface area contributed by atoms with Crippen LogP contribution in [-0.2, 0) is 4.79 Å². The van der Waals surface area contributed by atoms with Crippen molar-refractivity contribution in [1.29, 1.82) is 0 Å². The van der Waals surface area contributed by atoms with Crippen molar-refractivity contribution < 1.29 is 4.79 Å². The molecule has 2 heterocycles. The van der Waals surface area contributed by atoms with Gasteiger partial charge in [-0.15, -0.1) is 0 Å². The maximum Gasteiger partial charge on any atom is 0.234 e. The van der Waals surface area contributed by atoms with Crippen molar-refractivity contribution in [2.45, 2.75) is 19.8 Å². The van der Waals surface area contributed by atoms with Gasteiger partial charge in [0.15, 0.2) is 0 Å². The number of carbonyl (C=O) groups excluding carboxylic acids is 1. The molecule has 0 fully saturated rings. The summed E-state index contributed by atoms with van der Waals surface area (Å²) in [6.45, 7) is 1.99. The fourth-order valence-electron chi connectivity index (χ4n) is 2.14. The summed E-state index contributed by atoms with van der Waals surface area (Å²) in [7, 11) is 0. The molecule has 106 valence electrons. The molecule has 0 atom stereocenters. The Bertz CT molecular complexity index is 728. The van der Waals surface area contributed by atoms with Crippen LogP contribution < -0.4 is 5.32 Å². The van der Waals surface area contributed by atoms with Gasteiger partial charge in [0.1, 0.15) is 0 Å². The van der Waals surface area contributed by atoms with Crippen LogP contribution in [0.4, 0.5) is 5.69 Å². The highest BCUT2D eigenvalue weighted by Gasteiger charge is 2.05. The highest BCUT2D eigenvalue weighted by Crippen LogP contribution is 2.20. The van der Waals surface area contributed by atoms with Gasteiger partial charge in [-0.25, -0.2) is 9.97 Å². The Hall–Kier alpha value is -2.69. The number of fused-ring (bicyclic) bond motifs is 1. The molecule has 0 aliphatic heterocycles. The SMILES string of the molecule is CCCC(=O)Nc1ccc(-c2cn3cccnc3n2)cc1. The molecular weight excluding hydrogens is 264 g/mol. The largest absolute Gasteiger partial charge is 0.326 e. The molecular formula is C16H16N4O. The van der Waals surface area contributed by atoms with Crippen LogP contribution in [0.3, 0.4) is 0 Å². The minimum absolute atomic E-state index is 0.0437. The zero-order chi connectivity index (χ0) is 14.7. The Morgan fingerprint density at radius 1 is 1.29 bits per heavy atom. The average Bonchev–Trinajstić information content (AvgIpc) is 2.92. The smallest absolute Gasteiger partial charge is 0.234 e. The number of rotatable bonds is 4. The first-order valence-electron chi connectivity index (χ1n) is 6.96. The molecule has 3 aromatic rings. The van der Waals surface area contributed by atoms with Crippen LogP contribution in [0.1, 0.15) is 19.8 Å². The molecule has 0 saturated heterocycles. The highest BCUT2D eigenvalue weighted by atomic mass is 16.1. The van der Waals surface area contributed by atoms with E-state index in [1.807, 2.05) is 54.0 Å². The molecule has 21 heavy (non-hydrogen) atoms. The van der Waals surface area contributed by atoms with Crippen LogP contribution in [0.5, 0.6) is 0 Å². The second-order valence-electron chi connectivity index (χ2n) is 4.83. The lowest BCUT2D eigenvalue weighted by Crippen LogP contribution is -2.10. The maximum atomic E-state index is 11.5. The Morgan fingerprint density at radius 3 is 2.81 bits per heavy atom.